The average Bonchev–Trinajstić information content (AvgIpc) is 2.90. The summed E-state index contributed by atoms with van der Waals surface area (Å²) >= 11 is 0. The molecule has 1 aliphatic rings. The fourth-order valence-corrected chi connectivity index (χ4v) is 1.07. The summed E-state index contributed by atoms with van der Waals surface area (Å²) in [6, 6.07) is 10.3. The highest BCUT2D eigenvalue weighted by Crippen LogP contribution is 2.05. The number of hydrogen-bond donors (Lipinski definition) is 0. The molecule has 2 nitrogen and oxygen atoms in total. The highest BCUT2D eigenvalue weighted by molar-refractivity contribution is 5.13. The Morgan fingerprint density at radius 1 is 1.17 bits per heavy atom. The maximum atomic E-state index is 5.47. The number of benzene rings is 1. The molecule has 0 aromatic heterocycles. The Bertz CT molecular complexity index is 231. The van der Waals surface area contributed by atoms with Crippen LogP contribution in [0.25, 0.3) is 0 Å². The summed E-state index contributed by atoms with van der Waals surface area (Å²) in [7, 11) is 0. The zero-order valence-corrected chi connectivity index (χ0v) is 7.07. The largest absolute Gasteiger partial charge is 0.361 e. The van der Waals surface area contributed by atoms with Crippen LogP contribution in [0.15, 0.2) is 30.3 Å². The second kappa shape index (κ2) is 3.70. The summed E-state index contributed by atoms with van der Waals surface area (Å²) in [6.45, 7) is 3.93. The second-order valence-corrected chi connectivity index (χ2v) is 3.08. The Morgan fingerprint density at radius 3 is 2.58 bits per heavy atom. The highest BCUT2D eigenvalue weighted by Gasteiger charge is 2.15. The molecule has 1 aliphatic heterocycles. The molecule has 64 valence electrons. The van der Waals surface area contributed by atoms with Gasteiger partial charge in [-0.05, 0) is 5.56 Å². The van der Waals surface area contributed by atoms with Crippen molar-refractivity contribution in [2.24, 2.45) is 0 Å². The van der Waals surface area contributed by atoms with E-state index in [0.29, 0.717) is 0 Å². The van der Waals surface area contributed by atoms with Crippen molar-refractivity contribution >= 4 is 0 Å². The van der Waals surface area contributed by atoms with E-state index in [2.05, 4.69) is 17.0 Å². The van der Waals surface area contributed by atoms with Gasteiger partial charge in [-0.2, -0.15) is 0 Å². The van der Waals surface area contributed by atoms with Crippen molar-refractivity contribution in [1.82, 2.24) is 4.90 Å². The van der Waals surface area contributed by atoms with Gasteiger partial charge in [0.15, 0.2) is 0 Å². The molecule has 0 atom stereocenters. The van der Waals surface area contributed by atoms with Crippen molar-refractivity contribution in [3.05, 3.63) is 35.9 Å². The van der Waals surface area contributed by atoms with E-state index < -0.39 is 0 Å². The fraction of sp³-hybridized carbons (Fsp3) is 0.400. The maximum Gasteiger partial charge on any atom is 0.0995 e. The summed E-state index contributed by atoms with van der Waals surface area (Å²) in [4.78, 5) is 2.25. The minimum atomic E-state index is 0.733. The van der Waals surface area contributed by atoms with Gasteiger partial charge in [-0.3, -0.25) is 4.90 Å². The summed E-state index contributed by atoms with van der Waals surface area (Å²) in [6.07, 6.45) is 0. The van der Waals surface area contributed by atoms with E-state index in [4.69, 9.17) is 4.74 Å². The average molecular weight is 163 g/mol. The van der Waals surface area contributed by atoms with Crippen molar-refractivity contribution < 1.29 is 4.74 Å². The third kappa shape index (κ3) is 2.32. The Morgan fingerprint density at radius 2 is 1.92 bits per heavy atom. The van der Waals surface area contributed by atoms with Gasteiger partial charge in [0.1, 0.15) is 0 Å². The highest BCUT2D eigenvalue weighted by atomic mass is 16.5. The Kier molecular flexibility index (Phi) is 2.39. The minimum Gasteiger partial charge on any atom is -0.361 e. The third-order valence-corrected chi connectivity index (χ3v) is 1.93. The lowest BCUT2D eigenvalue weighted by atomic mass is 10.2. The SMILES string of the molecule is c1ccc(COCN2CC2)cc1. The van der Waals surface area contributed by atoms with Gasteiger partial charge in [0.05, 0.1) is 13.3 Å². The zero-order valence-electron chi connectivity index (χ0n) is 7.07. The lowest BCUT2D eigenvalue weighted by Crippen LogP contribution is -2.03. The van der Waals surface area contributed by atoms with Crippen LogP contribution < -0.4 is 0 Å². The predicted molar refractivity (Wildman–Crippen MR) is 47.7 cm³/mol. The molecular weight excluding hydrogens is 150 g/mol. The normalized spacial score (nSPS) is 16.3. The van der Waals surface area contributed by atoms with E-state index in [1.165, 1.54) is 18.7 Å². The topological polar surface area (TPSA) is 12.2 Å². The number of rotatable bonds is 4. The smallest absolute Gasteiger partial charge is 0.0995 e. The first-order valence-corrected chi connectivity index (χ1v) is 4.29. The minimum absolute atomic E-state index is 0.733. The number of ether oxygens (including phenoxy) is 1. The molecular formula is C10H13NO. The molecule has 0 unspecified atom stereocenters. The molecule has 0 saturated carbocycles. The van der Waals surface area contributed by atoms with Crippen LogP contribution >= 0.6 is 0 Å². The number of nitrogens with zero attached hydrogens (tertiary/aromatic N) is 1. The van der Waals surface area contributed by atoms with E-state index in [1.54, 1.807) is 0 Å². The van der Waals surface area contributed by atoms with Gasteiger partial charge in [-0.15, -0.1) is 0 Å². The molecule has 0 amide bonds. The van der Waals surface area contributed by atoms with Gasteiger partial charge < -0.3 is 4.74 Å². The van der Waals surface area contributed by atoms with Gasteiger partial charge in [0.2, 0.25) is 0 Å². The van der Waals surface area contributed by atoms with Crippen LogP contribution in [0.2, 0.25) is 0 Å². The standard InChI is InChI=1S/C10H13NO/c1-2-4-10(5-3-1)8-12-9-11-6-7-11/h1-5H,6-9H2. The van der Waals surface area contributed by atoms with Crippen LogP contribution in [-0.4, -0.2) is 24.7 Å². The van der Waals surface area contributed by atoms with E-state index >= 15 is 0 Å². The van der Waals surface area contributed by atoms with Gasteiger partial charge >= 0.3 is 0 Å². The van der Waals surface area contributed by atoms with Crippen LogP contribution in [0.1, 0.15) is 5.56 Å². The summed E-state index contributed by atoms with van der Waals surface area (Å²) in [5, 5.41) is 0. The van der Waals surface area contributed by atoms with E-state index in [9.17, 15) is 0 Å². The van der Waals surface area contributed by atoms with Gasteiger partial charge in [-0.25, -0.2) is 0 Å². The van der Waals surface area contributed by atoms with E-state index in [-0.39, 0.29) is 0 Å². The summed E-state index contributed by atoms with van der Waals surface area (Å²) in [5.74, 6) is 0. The molecule has 1 fully saturated rings. The molecule has 0 spiro atoms. The first-order valence-electron chi connectivity index (χ1n) is 4.29. The third-order valence-electron chi connectivity index (χ3n) is 1.93. The van der Waals surface area contributed by atoms with Crippen LogP contribution in [-0.2, 0) is 11.3 Å². The Balaban J connectivity index is 1.72. The van der Waals surface area contributed by atoms with E-state index in [1.807, 2.05) is 18.2 Å². The molecule has 1 aromatic carbocycles. The quantitative estimate of drug-likeness (QED) is 0.623. The molecule has 2 rings (SSSR count). The summed E-state index contributed by atoms with van der Waals surface area (Å²) in [5.41, 5.74) is 1.25. The monoisotopic (exact) mass is 163 g/mol. The van der Waals surface area contributed by atoms with Crippen molar-refractivity contribution in [1.29, 1.82) is 0 Å². The van der Waals surface area contributed by atoms with Gasteiger partial charge in [0, 0.05) is 13.1 Å². The summed E-state index contributed by atoms with van der Waals surface area (Å²) < 4.78 is 5.47. The molecule has 1 aromatic rings. The van der Waals surface area contributed by atoms with Crippen LogP contribution in [0.3, 0.4) is 0 Å². The second-order valence-electron chi connectivity index (χ2n) is 3.08. The van der Waals surface area contributed by atoms with Crippen LogP contribution in [0, 0.1) is 0 Å². The molecule has 0 N–H and O–H groups in total. The van der Waals surface area contributed by atoms with Crippen molar-refractivity contribution in [3.8, 4) is 0 Å². The lowest BCUT2D eigenvalue weighted by molar-refractivity contribution is 0.0706. The molecule has 2 heteroatoms. The first-order chi connectivity index (χ1) is 5.95. The molecule has 1 heterocycles. The zero-order chi connectivity index (χ0) is 8.23. The van der Waals surface area contributed by atoms with Crippen LogP contribution in [0.4, 0.5) is 0 Å². The predicted octanol–water partition coefficient (Wildman–Crippen LogP) is 1.48. The Hall–Kier alpha value is -0.860. The van der Waals surface area contributed by atoms with E-state index in [0.717, 1.165) is 13.3 Å². The van der Waals surface area contributed by atoms with Crippen molar-refractivity contribution in [3.63, 3.8) is 0 Å². The first kappa shape index (κ1) is 7.77. The maximum absolute atomic E-state index is 5.47. The molecule has 0 aliphatic carbocycles. The molecule has 0 radical (unpaired) electrons. The van der Waals surface area contributed by atoms with Crippen molar-refractivity contribution in [2.45, 2.75) is 6.61 Å². The molecule has 1 saturated heterocycles. The fourth-order valence-electron chi connectivity index (χ4n) is 1.07. The number of hydrogen-bond acceptors (Lipinski definition) is 2. The molecule has 0 bridgehead atoms. The molecule has 12 heavy (non-hydrogen) atoms. The lowest BCUT2D eigenvalue weighted by Gasteiger charge is -2.03. The van der Waals surface area contributed by atoms with Crippen LogP contribution in [0.5, 0.6) is 0 Å². The van der Waals surface area contributed by atoms with Gasteiger partial charge in [0.25, 0.3) is 0 Å². The van der Waals surface area contributed by atoms with Gasteiger partial charge in [-0.1, -0.05) is 30.3 Å². The Labute approximate surface area is 72.8 Å². The van der Waals surface area contributed by atoms with Crippen molar-refractivity contribution in [2.75, 3.05) is 19.8 Å².